The van der Waals surface area contributed by atoms with Crippen LogP contribution in [0.2, 0.25) is 5.02 Å². The van der Waals surface area contributed by atoms with Crippen LogP contribution < -0.4 is 16.4 Å². The summed E-state index contributed by atoms with van der Waals surface area (Å²) in [7, 11) is 0. The van der Waals surface area contributed by atoms with Crippen LogP contribution in [0.15, 0.2) is 70.6 Å². The molecular formula is C23H15ClN6O3S2. The highest BCUT2D eigenvalue weighted by Crippen LogP contribution is 2.35. The monoisotopic (exact) mass is 522 g/mol. The molecule has 0 unspecified atom stereocenters. The maximum absolute atomic E-state index is 12.5. The van der Waals surface area contributed by atoms with Crippen LogP contribution in [0.5, 0.6) is 0 Å². The number of benzene rings is 2. The van der Waals surface area contributed by atoms with Crippen LogP contribution in [0.25, 0.3) is 22.2 Å². The fourth-order valence-electron chi connectivity index (χ4n) is 3.11. The molecule has 35 heavy (non-hydrogen) atoms. The summed E-state index contributed by atoms with van der Waals surface area (Å²) in [6.45, 7) is 0. The Bertz CT molecular complexity index is 1530. The molecule has 0 spiro atoms. The Hall–Kier alpha value is -4.06. The van der Waals surface area contributed by atoms with Gasteiger partial charge in [0.15, 0.2) is 5.13 Å². The second-order valence-electron chi connectivity index (χ2n) is 7.13. The number of nitrogens with one attached hydrogen (secondary N) is 2. The maximum Gasteiger partial charge on any atom is 0.272 e. The van der Waals surface area contributed by atoms with Crippen LogP contribution in [-0.2, 0) is 0 Å². The molecule has 0 bridgehead atoms. The molecule has 0 aliphatic rings. The Morgan fingerprint density at radius 1 is 0.971 bits per heavy atom. The van der Waals surface area contributed by atoms with Gasteiger partial charge in [-0.15, -0.1) is 11.3 Å². The SMILES string of the molecule is Nc1nc(NC(=O)c2cccs2)sc1-c1nc(-c2cccc(NC(=O)c3cccc(Cl)c3)c2)no1. The molecule has 0 aliphatic heterocycles. The standard InChI is InChI=1S/C23H15ClN6O3S2/c24-14-6-1-5-13(10-14)20(31)26-15-7-2-4-12(11-15)19-28-22(33-30-19)17-18(25)27-23(35-17)29-21(32)16-8-3-9-34-16/h1-11H,25H2,(H,26,31)(H,27,29,32). The van der Waals surface area contributed by atoms with Crippen molar-refractivity contribution in [1.82, 2.24) is 15.1 Å². The zero-order valence-corrected chi connectivity index (χ0v) is 20.1. The number of hydrogen-bond acceptors (Lipinski definition) is 9. The minimum atomic E-state index is -0.298. The molecule has 3 heterocycles. The molecule has 12 heteroatoms. The van der Waals surface area contributed by atoms with Gasteiger partial charge in [-0.2, -0.15) is 4.98 Å². The van der Waals surface area contributed by atoms with E-state index in [2.05, 4.69) is 25.8 Å². The highest BCUT2D eigenvalue weighted by atomic mass is 35.5. The molecule has 0 saturated heterocycles. The van der Waals surface area contributed by atoms with E-state index < -0.39 is 0 Å². The van der Waals surface area contributed by atoms with E-state index in [1.54, 1.807) is 60.7 Å². The number of carbonyl (C=O) groups excluding carboxylic acids is 2. The normalized spacial score (nSPS) is 10.8. The van der Waals surface area contributed by atoms with Crippen molar-refractivity contribution in [2.24, 2.45) is 0 Å². The lowest BCUT2D eigenvalue weighted by Crippen LogP contribution is -2.11. The van der Waals surface area contributed by atoms with Gasteiger partial charge >= 0.3 is 0 Å². The third kappa shape index (κ3) is 5.06. The molecule has 0 fully saturated rings. The molecule has 3 aromatic heterocycles. The number of thiophene rings is 1. The van der Waals surface area contributed by atoms with Crippen LogP contribution in [0, 0.1) is 0 Å². The van der Waals surface area contributed by atoms with E-state index in [4.69, 9.17) is 21.9 Å². The van der Waals surface area contributed by atoms with Crippen LogP contribution >= 0.6 is 34.3 Å². The Labute approximate surface area is 211 Å². The second kappa shape index (κ2) is 9.66. The van der Waals surface area contributed by atoms with Gasteiger partial charge in [0.05, 0.1) is 4.88 Å². The number of carbonyl (C=O) groups is 2. The van der Waals surface area contributed by atoms with Gasteiger partial charge in [-0.05, 0) is 41.8 Å². The first kappa shape index (κ1) is 22.7. The number of aromatic nitrogens is 3. The largest absolute Gasteiger partial charge is 0.382 e. The molecule has 2 aromatic carbocycles. The van der Waals surface area contributed by atoms with Gasteiger partial charge in [0.1, 0.15) is 10.7 Å². The van der Waals surface area contributed by atoms with Crippen LogP contribution in [0.3, 0.4) is 0 Å². The summed E-state index contributed by atoms with van der Waals surface area (Å²) in [4.78, 5) is 34.4. The molecule has 0 saturated carbocycles. The van der Waals surface area contributed by atoms with Crippen LogP contribution in [-0.4, -0.2) is 26.9 Å². The maximum atomic E-state index is 12.5. The fourth-order valence-corrected chi connectivity index (χ4v) is 4.72. The molecule has 5 rings (SSSR count). The third-order valence-electron chi connectivity index (χ3n) is 4.70. The van der Waals surface area contributed by atoms with E-state index in [1.807, 2.05) is 5.38 Å². The number of hydrogen-bond donors (Lipinski definition) is 3. The minimum absolute atomic E-state index is 0.161. The summed E-state index contributed by atoms with van der Waals surface area (Å²) in [5, 5.41) is 12.2. The summed E-state index contributed by atoms with van der Waals surface area (Å²) < 4.78 is 5.40. The average molecular weight is 523 g/mol. The molecule has 0 aliphatic carbocycles. The van der Waals surface area contributed by atoms with E-state index >= 15 is 0 Å². The van der Waals surface area contributed by atoms with E-state index in [-0.39, 0.29) is 23.5 Å². The molecule has 174 valence electrons. The minimum Gasteiger partial charge on any atom is -0.382 e. The Morgan fingerprint density at radius 2 is 1.83 bits per heavy atom. The Morgan fingerprint density at radius 3 is 2.63 bits per heavy atom. The third-order valence-corrected chi connectivity index (χ3v) is 6.78. The molecule has 5 aromatic rings. The van der Waals surface area contributed by atoms with Crippen molar-refractivity contribution in [3.05, 3.63) is 81.5 Å². The van der Waals surface area contributed by atoms with Gasteiger partial charge in [0.2, 0.25) is 5.82 Å². The van der Waals surface area contributed by atoms with Gasteiger partial charge in [-0.25, -0.2) is 4.98 Å². The zero-order chi connectivity index (χ0) is 24.4. The first-order chi connectivity index (χ1) is 17.0. The molecule has 2 amide bonds. The number of nitrogens with two attached hydrogens (primary N) is 1. The van der Waals surface area contributed by atoms with Crippen LogP contribution in [0.4, 0.5) is 16.6 Å². The first-order valence-electron chi connectivity index (χ1n) is 10.1. The number of nitrogens with zero attached hydrogens (tertiary/aromatic N) is 3. The van der Waals surface area contributed by atoms with E-state index in [0.717, 1.165) is 11.3 Å². The lowest BCUT2D eigenvalue weighted by atomic mass is 10.1. The molecule has 0 atom stereocenters. The number of anilines is 3. The zero-order valence-electron chi connectivity index (χ0n) is 17.7. The molecule has 4 N–H and O–H groups in total. The number of thiazole rings is 1. The number of halogens is 1. The molecule has 0 radical (unpaired) electrons. The lowest BCUT2D eigenvalue weighted by Gasteiger charge is -2.06. The van der Waals surface area contributed by atoms with E-state index in [9.17, 15) is 9.59 Å². The summed E-state index contributed by atoms with van der Waals surface area (Å²) in [5.41, 5.74) is 7.64. The van der Waals surface area contributed by atoms with Gasteiger partial charge in [-0.3, -0.25) is 14.9 Å². The predicted molar refractivity (Wildman–Crippen MR) is 137 cm³/mol. The van der Waals surface area contributed by atoms with Crippen molar-refractivity contribution in [2.45, 2.75) is 0 Å². The summed E-state index contributed by atoms with van der Waals surface area (Å²) in [5.74, 6) is 0.0567. The van der Waals surface area contributed by atoms with E-state index in [0.29, 0.717) is 42.5 Å². The number of rotatable bonds is 6. The van der Waals surface area contributed by atoms with Gasteiger partial charge in [-0.1, -0.05) is 52.4 Å². The second-order valence-corrected chi connectivity index (χ2v) is 9.52. The highest BCUT2D eigenvalue weighted by Gasteiger charge is 2.20. The molecule has 9 nitrogen and oxygen atoms in total. The van der Waals surface area contributed by atoms with Crippen molar-refractivity contribution in [2.75, 3.05) is 16.4 Å². The fraction of sp³-hybridized carbons (Fsp3) is 0. The Balaban J connectivity index is 1.33. The highest BCUT2D eigenvalue weighted by molar-refractivity contribution is 7.19. The van der Waals surface area contributed by atoms with Crippen molar-refractivity contribution in [3.8, 4) is 22.2 Å². The number of amides is 2. The van der Waals surface area contributed by atoms with Crippen molar-refractivity contribution < 1.29 is 14.1 Å². The number of nitrogen functional groups attached to an aromatic ring is 1. The van der Waals surface area contributed by atoms with Crippen molar-refractivity contribution in [1.29, 1.82) is 0 Å². The van der Waals surface area contributed by atoms with Crippen molar-refractivity contribution in [3.63, 3.8) is 0 Å². The topological polar surface area (TPSA) is 136 Å². The predicted octanol–water partition coefficient (Wildman–Crippen LogP) is 5.66. The Kier molecular flexibility index (Phi) is 6.27. The summed E-state index contributed by atoms with van der Waals surface area (Å²) >= 11 is 8.42. The van der Waals surface area contributed by atoms with E-state index in [1.165, 1.54) is 11.3 Å². The van der Waals surface area contributed by atoms with Gasteiger partial charge in [0, 0.05) is 21.8 Å². The van der Waals surface area contributed by atoms with Gasteiger partial charge < -0.3 is 15.6 Å². The lowest BCUT2D eigenvalue weighted by molar-refractivity contribution is 0.102. The van der Waals surface area contributed by atoms with Gasteiger partial charge in [0.25, 0.3) is 17.7 Å². The quantitative estimate of drug-likeness (QED) is 0.261. The van der Waals surface area contributed by atoms with Crippen LogP contribution in [0.1, 0.15) is 20.0 Å². The summed E-state index contributed by atoms with van der Waals surface area (Å²) in [6, 6.07) is 17.2. The van der Waals surface area contributed by atoms with Crippen molar-refractivity contribution >= 4 is 62.7 Å². The first-order valence-corrected chi connectivity index (χ1v) is 12.2. The molecular weight excluding hydrogens is 508 g/mol. The summed E-state index contributed by atoms with van der Waals surface area (Å²) in [6.07, 6.45) is 0. The average Bonchev–Trinajstić information content (AvgIpc) is 3.61. The smallest absolute Gasteiger partial charge is 0.272 e.